The molecule has 0 bridgehead atoms. The average Bonchev–Trinajstić information content (AvgIpc) is 2.26. The SMILES string of the molecule is CC(C)(C)N1CCNCC(C(=O)O)C1. The van der Waals surface area contributed by atoms with Gasteiger partial charge in [0.15, 0.2) is 0 Å². The summed E-state index contributed by atoms with van der Waals surface area (Å²) in [6.45, 7) is 9.40. The molecule has 0 amide bonds. The molecule has 1 saturated heterocycles. The van der Waals surface area contributed by atoms with Crippen molar-refractivity contribution in [3.8, 4) is 0 Å². The summed E-state index contributed by atoms with van der Waals surface area (Å²) in [5, 5.41) is 12.1. The Bertz CT molecular complexity index is 211. The lowest BCUT2D eigenvalue weighted by Crippen LogP contribution is -2.45. The Morgan fingerprint density at radius 3 is 2.64 bits per heavy atom. The standard InChI is InChI=1S/C10H20N2O2/c1-10(2,3)12-5-4-11-6-8(7-12)9(13)14/h8,11H,4-7H2,1-3H3,(H,13,14). The highest BCUT2D eigenvalue weighted by molar-refractivity contribution is 5.70. The smallest absolute Gasteiger partial charge is 0.309 e. The normalized spacial score (nSPS) is 25.8. The molecule has 0 aromatic carbocycles. The number of carbonyl (C=O) groups is 1. The molecular formula is C10H20N2O2. The van der Waals surface area contributed by atoms with Gasteiger partial charge in [0.25, 0.3) is 0 Å². The van der Waals surface area contributed by atoms with Crippen molar-refractivity contribution in [2.75, 3.05) is 26.2 Å². The van der Waals surface area contributed by atoms with E-state index < -0.39 is 5.97 Å². The van der Waals surface area contributed by atoms with Crippen molar-refractivity contribution in [3.05, 3.63) is 0 Å². The first-order chi connectivity index (χ1) is 6.41. The molecule has 2 N–H and O–H groups in total. The molecule has 14 heavy (non-hydrogen) atoms. The van der Waals surface area contributed by atoms with Crippen molar-refractivity contribution in [3.63, 3.8) is 0 Å². The molecule has 1 fully saturated rings. The number of carboxylic acid groups (broad SMARTS) is 1. The van der Waals surface area contributed by atoms with Gasteiger partial charge in [-0.05, 0) is 20.8 Å². The third-order valence-corrected chi connectivity index (χ3v) is 2.69. The van der Waals surface area contributed by atoms with Gasteiger partial charge in [0.1, 0.15) is 0 Å². The summed E-state index contributed by atoms with van der Waals surface area (Å²) in [6, 6.07) is 0. The predicted octanol–water partition coefficient (Wildman–Crippen LogP) is 0.391. The number of nitrogens with zero attached hydrogens (tertiary/aromatic N) is 1. The molecule has 4 nitrogen and oxygen atoms in total. The first kappa shape index (κ1) is 11.5. The summed E-state index contributed by atoms with van der Waals surface area (Å²) in [4.78, 5) is 13.1. The van der Waals surface area contributed by atoms with Crippen LogP contribution in [0.5, 0.6) is 0 Å². The highest BCUT2D eigenvalue weighted by Crippen LogP contribution is 2.16. The van der Waals surface area contributed by atoms with Crippen LogP contribution >= 0.6 is 0 Å². The number of hydrogen-bond acceptors (Lipinski definition) is 3. The van der Waals surface area contributed by atoms with Gasteiger partial charge in [0.2, 0.25) is 0 Å². The minimum Gasteiger partial charge on any atom is -0.481 e. The summed E-state index contributed by atoms with van der Waals surface area (Å²) in [5.74, 6) is -0.981. The van der Waals surface area contributed by atoms with Gasteiger partial charge in [-0.15, -0.1) is 0 Å². The van der Waals surface area contributed by atoms with E-state index in [1.165, 1.54) is 0 Å². The Morgan fingerprint density at radius 2 is 2.14 bits per heavy atom. The first-order valence-corrected chi connectivity index (χ1v) is 5.10. The van der Waals surface area contributed by atoms with Crippen LogP contribution in [0, 0.1) is 5.92 Å². The Kier molecular flexibility index (Phi) is 3.50. The number of hydrogen-bond donors (Lipinski definition) is 2. The molecule has 0 radical (unpaired) electrons. The van der Waals surface area contributed by atoms with E-state index in [9.17, 15) is 4.79 Å². The molecule has 1 unspecified atom stereocenters. The number of rotatable bonds is 1. The highest BCUT2D eigenvalue weighted by Gasteiger charge is 2.29. The summed E-state index contributed by atoms with van der Waals surface area (Å²) >= 11 is 0. The zero-order valence-corrected chi connectivity index (χ0v) is 9.21. The van der Waals surface area contributed by atoms with Gasteiger partial charge in [0, 0.05) is 31.7 Å². The fourth-order valence-corrected chi connectivity index (χ4v) is 1.69. The molecule has 0 spiro atoms. The molecule has 1 heterocycles. The van der Waals surface area contributed by atoms with Crippen LogP contribution < -0.4 is 5.32 Å². The lowest BCUT2D eigenvalue weighted by Gasteiger charge is -2.35. The van der Waals surface area contributed by atoms with Crippen molar-refractivity contribution in [2.24, 2.45) is 5.92 Å². The number of nitrogens with one attached hydrogen (secondary N) is 1. The van der Waals surface area contributed by atoms with E-state index in [2.05, 4.69) is 31.0 Å². The Morgan fingerprint density at radius 1 is 1.50 bits per heavy atom. The maximum Gasteiger partial charge on any atom is 0.309 e. The molecule has 4 heteroatoms. The van der Waals surface area contributed by atoms with Crippen LogP contribution in [0.3, 0.4) is 0 Å². The van der Waals surface area contributed by atoms with E-state index in [1.807, 2.05) is 0 Å². The van der Waals surface area contributed by atoms with Crippen LogP contribution in [0.25, 0.3) is 0 Å². The molecule has 1 rings (SSSR count). The Hall–Kier alpha value is -0.610. The minimum absolute atomic E-state index is 0.0553. The molecule has 0 aliphatic carbocycles. The molecular weight excluding hydrogens is 180 g/mol. The number of carboxylic acids is 1. The summed E-state index contributed by atoms with van der Waals surface area (Å²) in [6.07, 6.45) is 0. The lowest BCUT2D eigenvalue weighted by molar-refractivity contribution is -0.142. The van der Waals surface area contributed by atoms with E-state index in [-0.39, 0.29) is 11.5 Å². The largest absolute Gasteiger partial charge is 0.481 e. The topological polar surface area (TPSA) is 52.6 Å². The van der Waals surface area contributed by atoms with Crippen LogP contribution in [0.15, 0.2) is 0 Å². The fourth-order valence-electron chi connectivity index (χ4n) is 1.69. The van der Waals surface area contributed by atoms with Crippen molar-refractivity contribution in [2.45, 2.75) is 26.3 Å². The molecule has 1 aliphatic heterocycles. The zero-order chi connectivity index (χ0) is 10.8. The van der Waals surface area contributed by atoms with Crippen molar-refractivity contribution in [1.82, 2.24) is 10.2 Å². The van der Waals surface area contributed by atoms with E-state index in [0.29, 0.717) is 13.1 Å². The van der Waals surface area contributed by atoms with Crippen LogP contribution in [0.4, 0.5) is 0 Å². The maximum absolute atomic E-state index is 10.9. The van der Waals surface area contributed by atoms with E-state index in [1.54, 1.807) is 0 Å². The van der Waals surface area contributed by atoms with E-state index in [4.69, 9.17) is 5.11 Å². The van der Waals surface area contributed by atoms with E-state index in [0.717, 1.165) is 13.1 Å². The second-order valence-electron chi connectivity index (χ2n) is 4.86. The summed E-state index contributed by atoms with van der Waals surface area (Å²) < 4.78 is 0. The minimum atomic E-state index is -0.700. The van der Waals surface area contributed by atoms with Crippen molar-refractivity contribution < 1.29 is 9.90 Å². The fraction of sp³-hybridized carbons (Fsp3) is 0.900. The number of aliphatic carboxylic acids is 1. The van der Waals surface area contributed by atoms with Gasteiger partial charge in [-0.3, -0.25) is 9.69 Å². The average molecular weight is 200 g/mol. The van der Waals surface area contributed by atoms with Crippen LogP contribution in [-0.2, 0) is 4.79 Å². The second kappa shape index (κ2) is 4.28. The quantitative estimate of drug-likeness (QED) is 0.643. The summed E-state index contributed by atoms with van der Waals surface area (Å²) in [7, 11) is 0. The Balaban J connectivity index is 2.65. The monoisotopic (exact) mass is 200 g/mol. The first-order valence-electron chi connectivity index (χ1n) is 5.10. The van der Waals surface area contributed by atoms with Gasteiger partial charge in [-0.2, -0.15) is 0 Å². The summed E-state index contributed by atoms with van der Waals surface area (Å²) in [5.41, 5.74) is 0.0553. The van der Waals surface area contributed by atoms with Crippen molar-refractivity contribution >= 4 is 5.97 Å². The molecule has 0 saturated carbocycles. The predicted molar refractivity (Wildman–Crippen MR) is 55.3 cm³/mol. The van der Waals surface area contributed by atoms with Crippen LogP contribution in [0.2, 0.25) is 0 Å². The Labute approximate surface area is 85.3 Å². The van der Waals surface area contributed by atoms with Gasteiger partial charge in [-0.1, -0.05) is 0 Å². The highest BCUT2D eigenvalue weighted by atomic mass is 16.4. The molecule has 0 aromatic rings. The van der Waals surface area contributed by atoms with Crippen molar-refractivity contribution in [1.29, 1.82) is 0 Å². The molecule has 1 atom stereocenters. The zero-order valence-electron chi connectivity index (χ0n) is 9.21. The van der Waals surface area contributed by atoms with Crippen LogP contribution in [0.1, 0.15) is 20.8 Å². The van der Waals surface area contributed by atoms with Crippen LogP contribution in [-0.4, -0.2) is 47.7 Å². The van der Waals surface area contributed by atoms with Gasteiger partial charge < -0.3 is 10.4 Å². The second-order valence-corrected chi connectivity index (χ2v) is 4.86. The molecule has 0 aromatic heterocycles. The molecule has 82 valence electrons. The third-order valence-electron chi connectivity index (χ3n) is 2.69. The van der Waals surface area contributed by atoms with Gasteiger partial charge in [-0.25, -0.2) is 0 Å². The van der Waals surface area contributed by atoms with Gasteiger partial charge >= 0.3 is 5.97 Å². The lowest BCUT2D eigenvalue weighted by atomic mass is 10.0. The maximum atomic E-state index is 10.9. The van der Waals surface area contributed by atoms with Gasteiger partial charge in [0.05, 0.1) is 5.92 Å². The third kappa shape index (κ3) is 2.96. The molecule has 1 aliphatic rings. The van der Waals surface area contributed by atoms with E-state index >= 15 is 0 Å².